The van der Waals surface area contributed by atoms with Crippen molar-refractivity contribution in [3.8, 4) is 11.5 Å². The third-order valence-electron chi connectivity index (χ3n) is 6.73. The molecule has 2 heterocycles. The molecule has 2 aliphatic carbocycles. The summed E-state index contributed by atoms with van der Waals surface area (Å²) in [5.41, 5.74) is 0.520. The lowest BCUT2D eigenvalue weighted by Gasteiger charge is -2.48. The predicted octanol–water partition coefficient (Wildman–Crippen LogP) is 3.16. The number of benzene rings is 1. The molecule has 1 aromatic rings. The van der Waals surface area contributed by atoms with Gasteiger partial charge in [0.15, 0.2) is 0 Å². The van der Waals surface area contributed by atoms with E-state index in [4.69, 9.17) is 28.4 Å². The molecule has 0 aromatic heterocycles. The summed E-state index contributed by atoms with van der Waals surface area (Å²) in [6, 6.07) is 1.83. The summed E-state index contributed by atoms with van der Waals surface area (Å²) >= 11 is 3.52. The summed E-state index contributed by atoms with van der Waals surface area (Å²) in [7, 11) is 4.40. The van der Waals surface area contributed by atoms with Crippen molar-refractivity contribution in [1.82, 2.24) is 0 Å². The Kier molecular flexibility index (Phi) is 5.11. The molecule has 32 heavy (non-hydrogen) atoms. The Hall–Kier alpha value is -2.36. The van der Waals surface area contributed by atoms with Gasteiger partial charge in [0, 0.05) is 11.5 Å². The van der Waals surface area contributed by atoms with Crippen LogP contribution in [-0.4, -0.2) is 52.3 Å². The first-order chi connectivity index (χ1) is 15.4. The zero-order valence-electron chi connectivity index (χ0n) is 18.0. The number of esters is 2. The lowest BCUT2D eigenvalue weighted by atomic mass is 9.66. The summed E-state index contributed by atoms with van der Waals surface area (Å²) in [4.78, 5) is 27.0. The van der Waals surface area contributed by atoms with Crippen molar-refractivity contribution < 1.29 is 38.0 Å². The average Bonchev–Trinajstić information content (AvgIpc) is 3.14. The Bertz CT molecular complexity index is 1070. The highest BCUT2D eigenvalue weighted by Gasteiger charge is 2.74. The Labute approximate surface area is 193 Å². The fourth-order valence-electron chi connectivity index (χ4n) is 5.39. The van der Waals surface area contributed by atoms with Crippen molar-refractivity contribution in [1.29, 1.82) is 0 Å². The van der Waals surface area contributed by atoms with Crippen molar-refractivity contribution in [2.24, 2.45) is 11.3 Å². The number of halogens is 1. The van der Waals surface area contributed by atoms with Gasteiger partial charge in [-0.2, -0.15) is 0 Å². The van der Waals surface area contributed by atoms with E-state index in [1.165, 1.54) is 7.11 Å². The summed E-state index contributed by atoms with van der Waals surface area (Å²) in [6.07, 6.45) is 5.32. The SMILES string of the molecule is COC(=O)C12C(=O)OC3=C(CCc4c(OC)cc(Br)c(OC)c43)C1C=CC21OCCCO1. The number of hydrogen-bond acceptors (Lipinski definition) is 8. The molecule has 2 aliphatic heterocycles. The van der Waals surface area contributed by atoms with Crippen molar-refractivity contribution in [3.05, 3.63) is 39.4 Å². The second kappa shape index (κ2) is 7.60. The number of fused-ring (bicyclic) bond motifs is 5. The van der Waals surface area contributed by atoms with Crippen molar-refractivity contribution in [2.75, 3.05) is 34.5 Å². The van der Waals surface area contributed by atoms with Gasteiger partial charge in [-0.05, 0) is 52.9 Å². The molecule has 1 aromatic carbocycles. The van der Waals surface area contributed by atoms with Crippen LogP contribution < -0.4 is 9.47 Å². The Morgan fingerprint density at radius 2 is 1.91 bits per heavy atom. The first-order valence-corrected chi connectivity index (χ1v) is 11.2. The maximum atomic E-state index is 13.7. The average molecular weight is 507 g/mol. The number of carbonyl (C=O) groups excluding carboxylic acids is 2. The predicted molar refractivity (Wildman–Crippen MR) is 115 cm³/mol. The van der Waals surface area contributed by atoms with E-state index in [0.717, 1.165) is 11.1 Å². The third kappa shape index (κ3) is 2.55. The number of carbonyl (C=O) groups is 2. The first kappa shape index (κ1) is 21.5. The minimum absolute atomic E-state index is 0.357. The van der Waals surface area contributed by atoms with Crippen LogP contribution in [-0.2, 0) is 35.0 Å². The Morgan fingerprint density at radius 1 is 1.16 bits per heavy atom. The normalized spacial score (nSPS) is 27.4. The van der Waals surface area contributed by atoms with Gasteiger partial charge in [0.25, 0.3) is 0 Å². The Morgan fingerprint density at radius 3 is 2.56 bits per heavy atom. The lowest BCUT2D eigenvalue weighted by molar-refractivity contribution is -0.290. The van der Waals surface area contributed by atoms with Crippen LogP contribution in [0.2, 0.25) is 0 Å². The van der Waals surface area contributed by atoms with Crippen LogP contribution in [0.5, 0.6) is 11.5 Å². The molecular formula is C23H23BrO8. The van der Waals surface area contributed by atoms with Crippen LogP contribution in [0, 0.1) is 11.3 Å². The van der Waals surface area contributed by atoms with E-state index in [-0.39, 0.29) is 0 Å². The van der Waals surface area contributed by atoms with Gasteiger partial charge in [-0.1, -0.05) is 6.08 Å². The fraction of sp³-hybridized carbons (Fsp3) is 0.478. The highest BCUT2D eigenvalue weighted by atomic mass is 79.9. The maximum absolute atomic E-state index is 13.7. The molecule has 0 amide bonds. The number of hydrogen-bond donors (Lipinski definition) is 0. The number of methoxy groups -OCH3 is 3. The zero-order valence-corrected chi connectivity index (χ0v) is 19.6. The van der Waals surface area contributed by atoms with Crippen molar-refractivity contribution in [2.45, 2.75) is 25.0 Å². The maximum Gasteiger partial charge on any atom is 0.335 e. The third-order valence-corrected chi connectivity index (χ3v) is 7.32. The molecule has 1 saturated heterocycles. The van der Waals surface area contributed by atoms with E-state index in [9.17, 15) is 9.59 Å². The molecule has 2 atom stereocenters. The summed E-state index contributed by atoms with van der Waals surface area (Å²) < 4.78 is 34.9. The second-order valence-electron chi connectivity index (χ2n) is 8.05. The van der Waals surface area contributed by atoms with E-state index in [1.54, 1.807) is 20.3 Å². The monoisotopic (exact) mass is 506 g/mol. The van der Waals surface area contributed by atoms with E-state index in [2.05, 4.69) is 15.9 Å². The van der Waals surface area contributed by atoms with Crippen LogP contribution in [0.4, 0.5) is 0 Å². The van der Waals surface area contributed by atoms with Crippen LogP contribution in [0.1, 0.15) is 24.0 Å². The molecule has 5 rings (SSSR count). The first-order valence-electron chi connectivity index (χ1n) is 10.4. The van der Waals surface area contributed by atoms with Crippen LogP contribution in [0.15, 0.2) is 28.3 Å². The topological polar surface area (TPSA) is 89.5 Å². The molecule has 170 valence electrons. The number of allylic oxidation sites excluding steroid dienone is 2. The molecule has 1 fully saturated rings. The van der Waals surface area contributed by atoms with Crippen molar-refractivity contribution in [3.63, 3.8) is 0 Å². The molecular weight excluding hydrogens is 484 g/mol. The summed E-state index contributed by atoms with van der Waals surface area (Å²) in [5.74, 6) is -2.12. The van der Waals surface area contributed by atoms with Gasteiger partial charge in [-0.3, -0.25) is 9.59 Å². The van der Waals surface area contributed by atoms with Gasteiger partial charge in [0.2, 0.25) is 11.2 Å². The van der Waals surface area contributed by atoms with E-state index in [1.807, 2.05) is 12.1 Å². The largest absolute Gasteiger partial charge is 0.496 e. The number of rotatable bonds is 3. The highest BCUT2D eigenvalue weighted by molar-refractivity contribution is 9.10. The van der Waals surface area contributed by atoms with Gasteiger partial charge in [-0.15, -0.1) is 0 Å². The molecule has 0 bridgehead atoms. The van der Waals surface area contributed by atoms with E-state index in [0.29, 0.717) is 59.8 Å². The molecule has 0 radical (unpaired) electrons. The van der Waals surface area contributed by atoms with Gasteiger partial charge < -0.3 is 28.4 Å². The number of ether oxygens (including phenoxy) is 6. The van der Waals surface area contributed by atoms with Crippen LogP contribution in [0.3, 0.4) is 0 Å². The molecule has 0 N–H and O–H groups in total. The minimum Gasteiger partial charge on any atom is -0.496 e. The Balaban J connectivity index is 1.75. The van der Waals surface area contributed by atoms with Crippen molar-refractivity contribution >= 4 is 33.6 Å². The second-order valence-corrected chi connectivity index (χ2v) is 8.90. The minimum atomic E-state index is -1.80. The quantitative estimate of drug-likeness (QED) is 0.350. The summed E-state index contributed by atoms with van der Waals surface area (Å²) in [5, 5.41) is 0. The van der Waals surface area contributed by atoms with E-state index >= 15 is 0 Å². The molecule has 9 heteroatoms. The fourth-order valence-corrected chi connectivity index (χ4v) is 5.95. The smallest absolute Gasteiger partial charge is 0.335 e. The lowest BCUT2D eigenvalue weighted by Crippen LogP contribution is -2.64. The van der Waals surface area contributed by atoms with E-state index < -0.39 is 29.1 Å². The molecule has 2 unspecified atom stereocenters. The van der Waals surface area contributed by atoms with Crippen LogP contribution in [0.25, 0.3) is 5.76 Å². The van der Waals surface area contributed by atoms with Gasteiger partial charge >= 0.3 is 11.9 Å². The molecule has 0 saturated carbocycles. The van der Waals surface area contributed by atoms with Gasteiger partial charge in [0.1, 0.15) is 17.3 Å². The zero-order chi connectivity index (χ0) is 22.7. The molecule has 4 aliphatic rings. The van der Waals surface area contributed by atoms with Gasteiger partial charge in [0.05, 0.1) is 44.6 Å². The highest BCUT2D eigenvalue weighted by Crippen LogP contribution is 2.61. The molecule has 8 nitrogen and oxygen atoms in total. The molecule has 1 spiro atoms. The standard InChI is InChI=1S/C23H23BrO8/c1-27-16-11-15(24)19(28-2)17-13(16)6-5-12-14-7-8-22(30-9-4-10-31-22)23(14,20(25)29-3)21(26)32-18(12)17/h7-8,11,14H,4-6,9-10H2,1-3H3. The van der Waals surface area contributed by atoms with Crippen LogP contribution >= 0.6 is 15.9 Å². The summed E-state index contributed by atoms with van der Waals surface area (Å²) in [6.45, 7) is 0.714. The van der Waals surface area contributed by atoms with Gasteiger partial charge in [-0.25, -0.2) is 0 Å².